The van der Waals surface area contributed by atoms with Gasteiger partial charge in [-0.1, -0.05) is 0 Å². The summed E-state index contributed by atoms with van der Waals surface area (Å²) in [5, 5.41) is 15.4. The Bertz CT molecular complexity index is 758. The number of fused-ring (bicyclic) bond motifs is 3. The van der Waals surface area contributed by atoms with Crippen molar-refractivity contribution >= 4 is 11.0 Å². The lowest BCUT2D eigenvalue weighted by atomic mass is 9.82. The molecule has 2 unspecified atom stereocenters. The quantitative estimate of drug-likeness (QED) is 0.794. The Morgan fingerprint density at radius 1 is 1.38 bits per heavy atom. The molecule has 2 fully saturated rings. The van der Waals surface area contributed by atoms with Crippen LogP contribution < -0.4 is 10.9 Å². The second-order valence-electron chi connectivity index (χ2n) is 6.30. The minimum Gasteiger partial charge on any atom is -0.385 e. The van der Waals surface area contributed by atoms with Crippen LogP contribution in [0.15, 0.2) is 23.4 Å². The van der Waals surface area contributed by atoms with Gasteiger partial charge in [-0.25, -0.2) is 9.97 Å². The number of rotatable bonds is 1. The van der Waals surface area contributed by atoms with Crippen LogP contribution in [0.3, 0.4) is 0 Å². The van der Waals surface area contributed by atoms with Gasteiger partial charge in [0, 0.05) is 36.3 Å². The molecule has 0 aliphatic carbocycles. The monoisotopic (exact) mass is 286 g/mol. The topological polar surface area (TPSA) is 80.0 Å². The van der Waals surface area contributed by atoms with E-state index in [4.69, 9.17) is 0 Å². The largest absolute Gasteiger partial charge is 0.385 e. The molecular weight excluding hydrogens is 268 g/mol. The fraction of sp³-hybridized carbons (Fsp3) is 0.533. The van der Waals surface area contributed by atoms with Gasteiger partial charge in [0.1, 0.15) is 12.0 Å². The van der Waals surface area contributed by atoms with E-state index in [1.165, 1.54) is 10.9 Å². The maximum atomic E-state index is 12.6. The molecule has 0 radical (unpaired) electrons. The van der Waals surface area contributed by atoms with Crippen LogP contribution in [0.1, 0.15) is 31.2 Å². The zero-order valence-corrected chi connectivity index (χ0v) is 11.9. The van der Waals surface area contributed by atoms with Gasteiger partial charge in [0.2, 0.25) is 0 Å². The highest BCUT2D eigenvalue weighted by atomic mass is 16.3. The van der Waals surface area contributed by atoms with Gasteiger partial charge in [0.05, 0.1) is 5.60 Å². The van der Waals surface area contributed by atoms with Crippen molar-refractivity contribution in [1.82, 2.24) is 19.9 Å². The van der Waals surface area contributed by atoms with Crippen molar-refractivity contribution in [2.24, 2.45) is 7.05 Å². The number of aryl methyl sites for hydroxylation is 1. The van der Waals surface area contributed by atoms with Crippen molar-refractivity contribution in [2.45, 2.75) is 43.4 Å². The van der Waals surface area contributed by atoms with Gasteiger partial charge in [-0.05, 0) is 31.7 Å². The third-order valence-corrected chi connectivity index (χ3v) is 4.88. The molecule has 2 atom stereocenters. The predicted octanol–water partition coefficient (Wildman–Crippen LogP) is 0.430. The van der Waals surface area contributed by atoms with E-state index >= 15 is 0 Å². The Labute approximate surface area is 121 Å². The van der Waals surface area contributed by atoms with Crippen LogP contribution in [0.4, 0.5) is 0 Å². The Morgan fingerprint density at radius 3 is 2.81 bits per heavy atom. The average Bonchev–Trinajstić information content (AvgIpc) is 2.82. The first kappa shape index (κ1) is 12.9. The summed E-state index contributed by atoms with van der Waals surface area (Å²) in [5.41, 5.74) is -0.134. The van der Waals surface area contributed by atoms with Crippen LogP contribution in [-0.2, 0) is 12.6 Å². The number of nitrogens with one attached hydrogen (secondary N) is 1. The van der Waals surface area contributed by atoms with Crippen molar-refractivity contribution < 1.29 is 5.11 Å². The van der Waals surface area contributed by atoms with E-state index in [0.29, 0.717) is 36.1 Å². The molecule has 4 rings (SSSR count). The highest BCUT2D eigenvalue weighted by Gasteiger charge is 2.45. The van der Waals surface area contributed by atoms with Crippen LogP contribution >= 0.6 is 0 Å². The first-order valence-corrected chi connectivity index (χ1v) is 7.35. The Kier molecular flexibility index (Phi) is 2.68. The molecule has 2 saturated heterocycles. The highest BCUT2D eigenvalue weighted by Crippen LogP contribution is 2.39. The SMILES string of the molecule is Cn1c(=O)c(C2(O)CC3CCC(C2)N3)cc2cncnc21. The van der Waals surface area contributed by atoms with Gasteiger partial charge in [0.15, 0.2) is 0 Å². The molecule has 2 N–H and O–H groups in total. The smallest absolute Gasteiger partial charge is 0.258 e. The first-order valence-electron chi connectivity index (χ1n) is 7.35. The molecule has 0 amide bonds. The van der Waals surface area contributed by atoms with Crippen molar-refractivity contribution in [3.8, 4) is 0 Å². The van der Waals surface area contributed by atoms with Crippen LogP contribution in [0.5, 0.6) is 0 Å². The molecule has 6 heteroatoms. The highest BCUT2D eigenvalue weighted by molar-refractivity contribution is 5.74. The van der Waals surface area contributed by atoms with Gasteiger partial charge in [-0.3, -0.25) is 9.36 Å². The lowest BCUT2D eigenvalue weighted by Crippen LogP contribution is -2.49. The summed E-state index contributed by atoms with van der Waals surface area (Å²) in [6.07, 6.45) is 6.45. The van der Waals surface area contributed by atoms with Crippen LogP contribution in [0, 0.1) is 0 Å². The molecule has 2 bridgehead atoms. The fourth-order valence-corrected chi connectivity index (χ4v) is 3.89. The van der Waals surface area contributed by atoms with E-state index in [0.717, 1.165) is 18.2 Å². The predicted molar refractivity (Wildman–Crippen MR) is 77.9 cm³/mol. The van der Waals surface area contributed by atoms with Gasteiger partial charge in [0.25, 0.3) is 5.56 Å². The number of aromatic nitrogens is 3. The molecule has 6 nitrogen and oxygen atoms in total. The van der Waals surface area contributed by atoms with Gasteiger partial charge in [-0.15, -0.1) is 0 Å². The second kappa shape index (κ2) is 4.35. The Balaban J connectivity index is 1.90. The fourth-order valence-electron chi connectivity index (χ4n) is 3.89. The van der Waals surface area contributed by atoms with Gasteiger partial charge in [-0.2, -0.15) is 0 Å². The molecule has 2 aromatic rings. The molecule has 110 valence electrons. The van der Waals surface area contributed by atoms with Crippen LogP contribution in [0.25, 0.3) is 11.0 Å². The van der Waals surface area contributed by atoms with E-state index in [9.17, 15) is 9.90 Å². The molecule has 21 heavy (non-hydrogen) atoms. The normalized spacial score (nSPS) is 31.7. The first-order chi connectivity index (χ1) is 10.1. The third kappa shape index (κ3) is 1.90. The minimum absolute atomic E-state index is 0.162. The summed E-state index contributed by atoms with van der Waals surface area (Å²) in [6.45, 7) is 0. The summed E-state index contributed by atoms with van der Waals surface area (Å²) in [4.78, 5) is 20.8. The number of aliphatic hydroxyl groups is 1. The zero-order chi connectivity index (χ0) is 14.6. The number of hydrogen-bond donors (Lipinski definition) is 2. The molecule has 2 aliphatic rings. The lowest BCUT2D eigenvalue weighted by Gasteiger charge is -2.37. The van der Waals surface area contributed by atoms with Crippen molar-refractivity contribution in [3.05, 3.63) is 34.5 Å². The summed E-state index contributed by atoms with van der Waals surface area (Å²) in [6, 6.07) is 2.38. The second-order valence-corrected chi connectivity index (χ2v) is 6.30. The number of hydrogen-bond acceptors (Lipinski definition) is 5. The molecule has 0 aromatic carbocycles. The van der Waals surface area contributed by atoms with Gasteiger partial charge >= 0.3 is 0 Å². The van der Waals surface area contributed by atoms with Crippen molar-refractivity contribution in [2.75, 3.05) is 0 Å². The summed E-state index contributed by atoms with van der Waals surface area (Å²) >= 11 is 0. The van der Waals surface area contributed by atoms with Crippen LogP contribution in [-0.4, -0.2) is 31.7 Å². The zero-order valence-electron chi connectivity index (χ0n) is 11.9. The minimum atomic E-state index is -1.05. The molecule has 2 aliphatic heterocycles. The third-order valence-electron chi connectivity index (χ3n) is 4.88. The molecule has 4 heterocycles. The van der Waals surface area contributed by atoms with Crippen molar-refractivity contribution in [1.29, 1.82) is 0 Å². The molecule has 2 aromatic heterocycles. The maximum absolute atomic E-state index is 12.6. The lowest BCUT2D eigenvalue weighted by molar-refractivity contribution is -0.0128. The molecular formula is C15H18N4O2. The van der Waals surface area contributed by atoms with Crippen molar-refractivity contribution in [3.63, 3.8) is 0 Å². The van der Waals surface area contributed by atoms with E-state index in [-0.39, 0.29) is 5.56 Å². The summed E-state index contributed by atoms with van der Waals surface area (Å²) in [5.74, 6) is 0. The summed E-state index contributed by atoms with van der Waals surface area (Å²) < 4.78 is 1.51. The summed E-state index contributed by atoms with van der Waals surface area (Å²) in [7, 11) is 1.69. The van der Waals surface area contributed by atoms with E-state index in [1.54, 1.807) is 19.3 Å². The average molecular weight is 286 g/mol. The standard InChI is InChI=1S/C15H18N4O2/c1-19-13-9(7-16-8-17-13)4-12(14(19)20)15(21)5-10-2-3-11(6-15)18-10/h4,7-8,10-11,18,21H,2-3,5-6H2,1H3. The number of nitrogens with zero attached hydrogens (tertiary/aromatic N) is 3. The van der Waals surface area contributed by atoms with Crippen LogP contribution in [0.2, 0.25) is 0 Å². The number of piperidine rings is 1. The Morgan fingerprint density at radius 2 is 2.10 bits per heavy atom. The van der Waals surface area contributed by atoms with Gasteiger partial charge < -0.3 is 10.4 Å². The van der Waals surface area contributed by atoms with E-state index in [2.05, 4.69) is 15.3 Å². The Hall–Kier alpha value is -1.79. The number of pyridine rings is 1. The van der Waals surface area contributed by atoms with E-state index in [1.807, 2.05) is 0 Å². The molecule has 0 spiro atoms. The maximum Gasteiger partial charge on any atom is 0.258 e. The molecule has 0 saturated carbocycles. The van der Waals surface area contributed by atoms with E-state index < -0.39 is 5.60 Å².